The van der Waals surface area contributed by atoms with Gasteiger partial charge in [-0.1, -0.05) is 6.07 Å². The molecule has 0 unspecified atom stereocenters. The Morgan fingerprint density at radius 1 is 1.35 bits per heavy atom. The minimum Gasteiger partial charge on any atom is -0.392 e. The van der Waals surface area contributed by atoms with E-state index in [0.29, 0.717) is 5.56 Å². The highest BCUT2D eigenvalue weighted by molar-refractivity contribution is 7.89. The van der Waals surface area contributed by atoms with E-state index in [9.17, 15) is 8.42 Å². The van der Waals surface area contributed by atoms with Crippen LogP contribution in [0.4, 0.5) is 0 Å². The fourth-order valence-electron chi connectivity index (χ4n) is 1.75. The van der Waals surface area contributed by atoms with Crippen LogP contribution in [-0.2, 0) is 16.6 Å². The normalized spacial score (nSPS) is 16.2. The third-order valence-corrected chi connectivity index (χ3v) is 4.70. The van der Waals surface area contributed by atoms with Gasteiger partial charge >= 0.3 is 0 Å². The number of aryl methyl sites for hydroxylation is 1. The Morgan fingerprint density at radius 2 is 2.00 bits per heavy atom. The van der Waals surface area contributed by atoms with E-state index in [4.69, 9.17) is 5.11 Å². The lowest BCUT2D eigenvalue weighted by molar-refractivity contribution is 0.281. The molecule has 2 rings (SSSR count). The number of hydrogen-bond donors (Lipinski definition) is 2. The summed E-state index contributed by atoms with van der Waals surface area (Å²) in [5.74, 6) is 0. The van der Waals surface area contributed by atoms with Crippen LogP contribution in [0.25, 0.3) is 0 Å². The summed E-state index contributed by atoms with van der Waals surface area (Å²) in [6, 6.07) is 3.45. The van der Waals surface area contributed by atoms with Crippen molar-refractivity contribution in [1.29, 1.82) is 0 Å². The molecule has 0 bridgehead atoms. The molecule has 0 radical (unpaired) electrons. The molecule has 1 aromatic carbocycles. The summed E-state index contributed by atoms with van der Waals surface area (Å²) in [6.45, 7) is 3.50. The molecule has 0 amide bonds. The topological polar surface area (TPSA) is 66.4 Å². The molecule has 0 heterocycles. The summed E-state index contributed by atoms with van der Waals surface area (Å²) < 4.78 is 26.9. The molecule has 0 aliphatic heterocycles. The lowest BCUT2D eigenvalue weighted by atomic mass is 10.1. The van der Waals surface area contributed by atoms with E-state index in [1.165, 1.54) is 0 Å². The Balaban J connectivity index is 2.45. The Kier molecular flexibility index (Phi) is 3.25. The van der Waals surface area contributed by atoms with Crippen molar-refractivity contribution < 1.29 is 13.5 Å². The first-order chi connectivity index (χ1) is 7.94. The average Bonchev–Trinajstić information content (AvgIpc) is 3.04. The van der Waals surface area contributed by atoms with Crippen molar-refractivity contribution in [2.24, 2.45) is 0 Å². The fraction of sp³-hybridized carbons (Fsp3) is 0.500. The second-order valence-electron chi connectivity index (χ2n) is 4.59. The molecule has 1 aliphatic carbocycles. The maximum absolute atomic E-state index is 12.1. The van der Waals surface area contributed by atoms with Gasteiger partial charge in [-0.3, -0.25) is 0 Å². The number of aliphatic hydroxyl groups is 1. The van der Waals surface area contributed by atoms with Crippen LogP contribution < -0.4 is 4.72 Å². The zero-order chi connectivity index (χ0) is 12.6. The molecule has 0 aromatic heterocycles. The first-order valence-electron chi connectivity index (χ1n) is 5.67. The van der Waals surface area contributed by atoms with Crippen molar-refractivity contribution in [1.82, 2.24) is 4.72 Å². The first kappa shape index (κ1) is 12.5. The molecule has 1 saturated carbocycles. The average molecular weight is 255 g/mol. The maximum atomic E-state index is 12.1. The number of aliphatic hydroxyl groups excluding tert-OH is 1. The summed E-state index contributed by atoms with van der Waals surface area (Å²) in [5.41, 5.74) is 2.26. The Bertz CT molecular complexity index is 533. The van der Waals surface area contributed by atoms with Gasteiger partial charge in [-0.25, -0.2) is 13.1 Å². The number of hydrogen-bond acceptors (Lipinski definition) is 3. The highest BCUT2D eigenvalue weighted by atomic mass is 32.2. The third-order valence-electron chi connectivity index (χ3n) is 3.05. The van der Waals surface area contributed by atoms with Crippen LogP contribution in [0, 0.1) is 13.8 Å². The maximum Gasteiger partial charge on any atom is 0.241 e. The summed E-state index contributed by atoms with van der Waals surface area (Å²) >= 11 is 0. The van der Waals surface area contributed by atoms with Gasteiger partial charge in [0.25, 0.3) is 0 Å². The van der Waals surface area contributed by atoms with Crippen molar-refractivity contribution in [2.75, 3.05) is 0 Å². The predicted octanol–water partition coefficient (Wildman–Crippen LogP) is 1.24. The van der Waals surface area contributed by atoms with E-state index in [2.05, 4.69) is 4.72 Å². The third kappa shape index (κ3) is 2.68. The Morgan fingerprint density at radius 3 is 2.53 bits per heavy atom. The monoisotopic (exact) mass is 255 g/mol. The summed E-state index contributed by atoms with van der Waals surface area (Å²) in [5, 5.41) is 9.12. The Labute approximate surface area is 102 Å². The van der Waals surface area contributed by atoms with E-state index in [1.54, 1.807) is 13.0 Å². The number of benzene rings is 1. The fourth-order valence-corrected chi connectivity index (χ4v) is 3.43. The molecule has 2 N–H and O–H groups in total. The van der Waals surface area contributed by atoms with Crippen LogP contribution in [0.3, 0.4) is 0 Å². The summed E-state index contributed by atoms with van der Waals surface area (Å²) in [7, 11) is -3.44. The van der Waals surface area contributed by atoms with Gasteiger partial charge < -0.3 is 5.11 Å². The van der Waals surface area contributed by atoms with Crippen LogP contribution >= 0.6 is 0 Å². The second-order valence-corrected chi connectivity index (χ2v) is 6.27. The van der Waals surface area contributed by atoms with Crippen molar-refractivity contribution in [2.45, 2.75) is 44.2 Å². The molecule has 5 heteroatoms. The predicted molar refractivity (Wildman–Crippen MR) is 65.2 cm³/mol. The highest BCUT2D eigenvalue weighted by Gasteiger charge is 2.29. The largest absolute Gasteiger partial charge is 0.392 e. The van der Waals surface area contributed by atoms with Gasteiger partial charge in [0.15, 0.2) is 0 Å². The first-order valence-corrected chi connectivity index (χ1v) is 7.15. The minimum atomic E-state index is -3.44. The van der Waals surface area contributed by atoms with Crippen molar-refractivity contribution in [3.8, 4) is 0 Å². The minimum absolute atomic E-state index is 0.0949. The zero-order valence-electron chi connectivity index (χ0n) is 10.0. The van der Waals surface area contributed by atoms with Crippen LogP contribution in [0.2, 0.25) is 0 Å². The van der Waals surface area contributed by atoms with E-state index < -0.39 is 10.0 Å². The van der Waals surface area contributed by atoms with Gasteiger partial charge in [0.1, 0.15) is 0 Å². The molecule has 17 heavy (non-hydrogen) atoms. The van der Waals surface area contributed by atoms with Crippen molar-refractivity contribution in [3.63, 3.8) is 0 Å². The number of nitrogens with one attached hydrogen (secondary N) is 1. The molecule has 1 aromatic rings. The van der Waals surface area contributed by atoms with Gasteiger partial charge in [0.05, 0.1) is 11.5 Å². The lowest BCUT2D eigenvalue weighted by Crippen LogP contribution is -2.26. The van der Waals surface area contributed by atoms with Gasteiger partial charge in [0, 0.05) is 6.04 Å². The van der Waals surface area contributed by atoms with E-state index >= 15 is 0 Å². The van der Waals surface area contributed by atoms with Crippen LogP contribution in [0.5, 0.6) is 0 Å². The van der Waals surface area contributed by atoms with E-state index in [1.807, 2.05) is 13.0 Å². The molecule has 0 atom stereocenters. The quantitative estimate of drug-likeness (QED) is 0.850. The second kappa shape index (κ2) is 4.40. The van der Waals surface area contributed by atoms with Crippen molar-refractivity contribution >= 4 is 10.0 Å². The van der Waals surface area contributed by atoms with Crippen LogP contribution in [0.15, 0.2) is 17.0 Å². The Hall–Kier alpha value is -0.910. The molecule has 0 spiro atoms. The molecular formula is C12H17NO3S. The number of sulfonamides is 1. The SMILES string of the molecule is Cc1cc(CO)cc(S(=O)(=O)NC2CC2)c1C. The molecule has 1 aliphatic rings. The smallest absolute Gasteiger partial charge is 0.241 e. The van der Waals surface area contributed by atoms with Crippen LogP contribution in [0.1, 0.15) is 29.5 Å². The van der Waals surface area contributed by atoms with Crippen LogP contribution in [-0.4, -0.2) is 19.6 Å². The summed E-state index contributed by atoms with van der Waals surface area (Å²) in [6.07, 6.45) is 1.83. The standard InChI is InChI=1S/C12H17NO3S/c1-8-5-10(7-14)6-12(9(8)2)17(15,16)13-11-3-4-11/h5-6,11,13-14H,3-4,7H2,1-2H3. The molecule has 1 fully saturated rings. The number of rotatable bonds is 4. The molecule has 94 valence electrons. The van der Waals surface area contributed by atoms with Crippen molar-refractivity contribution in [3.05, 3.63) is 28.8 Å². The molecule has 4 nitrogen and oxygen atoms in total. The van der Waals surface area contributed by atoms with Gasteiger partial charge in [-0.2, -0.15) is 0 Å². The molecular weight excluding hydrogens is 238 g/mol. The van der Waals surface area contributed by atoms with Gasteiger partial charge in [-0.05, 0) is 49.4 Å². The van der Waals surface area contributed by atoms with E-state index in [-0.39, 0.29) is 17.5 Å². The molecule has 0 saturated heterocycles. The zero-order valence-corrected chi connectivity index (χ0v) is 10.8. The highest BCUT2D eigenvalue weighted by Crippen LogP contribution is 2.25. The van der Waals surface area contributed by atoms with E-state index in [0.717, 1.165) is 24.0 Å². The summed E-state index contributed by atoms with van der Waals surface area (Å²) in [4.78, 5) is 0.286. The lowest BCUT2D eigenvalue weighted by Gasteiger charge is -2.12. The van der Waals surface area contributed by atoms with Gasteiger partial charge in [0.2, 0.25) is 10.0 Å². The van der Waals surface area contributed by atoms with Gasteiger partial charge in [-0.15, -0.1) is 0 Å².